The topological polar surface area (TPSA) is 78.9 Å². The average Bonchev–Trinajstić information content (AvgIpc) is 2.51. The van der Waals surface area contributed by atoms with E-state index in [9.17, 15) is 14.4 Å². The van der Waals surface area contributed by atoms with E-state index in [0.717, 1.165) is 19.3 Å². The zero-order valence-electron chi connectivity index (χ0n) is 13.4. The first-order valence-electron chi connectivity index (χ1n) is 7.94. The lowest BCUT2D eigenvalue weighted by molar-refractivity contribution is -0.244. The summed E-state index contributed by atoms with van der Waals surface area (Å²) in [6.45, 7) is 1.30. The summed E-state index contributed by atoms with van der Waals surface area (Å²) in [7, 11) is 0. The summed E-state index contributed by atoms with van der Waals surface area (Å²) in [5.41, 5.74) is 0.378. The van der Waals surface area contributed by atoms with Gasteiger partial charge < -0.3 is 14.2 Å². The minimum absolute atomic E-state index is 0.161. The predicted octanol–water partition coefficient (Wildman–Crippen LogP) is 2.76. The van der Waals surface area contributed by atoms with Crippen molar-refractivity contribution < 1.29 is 28.6 Å². The first-order valence-corrected chi connectivity index (χ1v) is 7.94. The fraction of sp³-hybridized carbons (Fsp3) is 0.389. The Bertz CT molecular complexity index is 690. The van der Waals surface area contributed by atoms with Gasteiger partial charge in [-0.05, 0) is 36.6 Å². The maximum Gasteiger partial charge on any atom is 0.348 e. The van der Waals surface area contributed by atoms with Gasteiger partial charge in [0, 0.05) is 19.8 Å². The molecule has 1 heterocycles. The van der Waals surface area contributed by atoms with Gasteiger partial charge in [-0.1, -0.05) is 18.6 Å². The van der Waals surface area contributed by atoms with Crippen LogP contribution in [0.3, 0.4) is 0 Å². The SMILES string of the molecule is CC(=O)Oc1cccc(C=C2C(=O)OC3(CCCCC3)OC2=O)c1. The Balaban J connectivity index is 1.82. The van der Waals surface area contributed by atoms with Gasteiger partial charge in [0.15, 0.2) is 0 Å². The van der Waals surface area contributed by atoms with Crippen LogP contribution in [0, 0.1) is 0 Å². The second-order valence-electron chi connectivity index (χ2n) is 5.97. The predicted molar refractivity (Wildman–Crippen MR) is 83.7 cm³/mol. The molecule has 2 fully saturated rings. The monoisotopic (exact) mass is 330 g/mol. The van der Waals surface area contributed by atoms with Gasteiger partial charge in [-0.2, -0.15) is 0 Å². The Morgan fingerprint density at radius 3 is 2.42 bits per heavy atom. The van der Waals surface area contributed by atoms with E-state index in [1.54, 1.807) is 24.3 Å². The summed E-state index contributed by atoms with van der Waals surface area (Å²) in [6.07, 6.45) is 5.24. The molecule has 126 valence electrons. The molecule has 1 saturated heterocycles. The molecule has 0 bridgehead atoms. The van der Waals surface area contributed by atoms with E-state index in [1.165, 1.54) is 13.0 Å². The van der Waals surface area contributed by atoms with Crippen molar-refractivity contribution in [1.82, 2.24) is 0 Å². The number of ether oxygens (including phenoxy) is 3. The van der Waals surface area contributed by atoms with Crippen molar-refractivity contribution >= 4 is 24.0 Å². The Labute approximate surface area is 139 Å². The fourth-order valence-corrected chi connectivity index (χ4v) is 2.96. The van der Waals surface area contributed by atoms with Gasteiger partial charge in [0.25, 0.3) is 5.79 Å². The maximum atomic E-state index is 12.3. The van der Waals surface area contributed by atoms with E-state index in [4.69, 9.17) is 14.2 Å². The number of benzene rings is 1. The molecule has 1 saturated carbocycles. The first-order chi connectivity index (χ1) is 11.5. The molecular weight excluding hydrogens is 312 g/mol. The highest BCUT2D eigenvalue weighted by Gasteiger charge is 2.46. The first kappa shape index (κ1) is 16.2. The van der Waals surface area contributed by atoms with Crippen molar-refractivity contribution in [1.29, 1.82) is 0 Å². The highest BCUT2D eigenvalue weighted by atomic mass is 16.7. The molecule has 24 heavy (non-hydrogen) atoms. The van der Waals surface area contributed by atoms with Crippen molar-refractivity contribution in [2.24, 2.45) is 0 Å². The van der Waals surface area contributed by atoms with E-state index < -0.39 is 23.7 Å². The molecular formula is C18H18O6. The summed E-state index contributed by atoms with van der Waals surface area (Å²) in [6, 6.07) is 6.51. The highest BCUT2D eigenvalue weighted by Crippen LogP contribution is 2.37. The molecule has 3 rings (SSSR count). The second-order valence-corrected chi connectivity index (χ2v) is 5.97. The minimum Gasteiger partial charge on any atom is -0.427 e. The summed E-state index contributed by atoms with van der Waals surface area (Å²) in [5, 5.41) is 0. The molecule has 6 nitrogen and oxygen atoms in total. The summed E-state index contributed by atoms with van der Waals surface area (Å²) in [4.78, 5) is 35.5. The lowest BCUT2D eigenvalue weighted by atomic mass is 9.93. The van der Waals surface area contributed by atoms with Crippen LogP contribution in [0.5, 0.6) is 5.75 Å². The molecule has 1 aliphatic carbocycles. The third-order valence-corrected chi connectivity index (χ3v) is 4.04. The van der Waals surface area contributed by atoms with Crippen LogP contribution in [-0.2, 0) is 23.9 Å². The molecule has 2 aliphatic rings. The number of carbonyl (C=O) groups excluding carboxylic acids is 3. The Morgan fingerprint density at radius 1 is 1.12 bits per heavy atom. The van der Waals surface area contributed by atoms with Crippen molar-refractivity contribution in [3.05, 3.63) is 35.4 Å². The molecule has 1 spiro atoms. The second kappa shape index (κ2) is 6.47. The van der Waals surface area contributed by atoms with E-state index in [1.807, 2.05) is 0 Å². The van der Waals surface area contributed by atoms with E-state index in [2.05, 4.69) is 0 Å². The van der Waals surface area contributed by atoms with Crippen LogP contribution in [0.25, 0.3) is 6.08 Å². The number of rotatable bonds is 2. The van der Waals surface area contributed by atoms with E-state index >= 15 is 0 Å². The van der Waals surface area contributed by atoms with Gasteiger partial charge >= 0.3 is 17.9 Å². The van der Waals surface area contributed by atoms with Crippen LogP contribution in [0.2, 0.25) is 0 Å². The maximum absolute atomic E-state index is 12.3. The number of hydrogen-bond donors (Lipinski definition) is 0. The lowest BCUT2D eigenvalue weighted by Crippen LogP contribution is -2.47. The average molecular weight is 330 g/mol. The van der Waals surface area contributed by atoms with E-state index in [0.29, 0.717) is 24.2 Å². The van der Waals surface area contributed by atoms with Gasteiger partial charge in [-0.15, -0.1) is 0 Å². The normalized spacial score (nSPS) is 19.5. The van der Waals surface area contributed by atoms with Crippen LogP contribution >= 0.6 is 0 Å². The zero-order chi connectivity index (χ0) is 17.2. The molecule has 1 aliphatic heterocycles. The third-order valence-electron chi connectivity index (χ3n) is 4.04. The van der Waals surface area contributed by atoms with Gasteiger partial charge in [-0.3, -0.25) is 4.79 Å². The quantitative estimate of drug-likeness (QED) is 0.359. The van der Waals surface area contributed by atoms with Gasteiger partial charge in [0.2, 0.25) is 0 Å². The van der Waals surface area contributed by atoms with Crippen molar-refractivity contribution in [3.8, 4) is 5.75 Å². The molecule has 0 unspecified atom stereocenters. The minimum atomic E-state index is -1.09. The molecule has 0 N–H and O–H groups in total. The molecule has 0 atom stereocenters. The molecule has 0 radical (unpaired) electrons. The Hall–Kier alpha value is -2.63. The molecule has 1 aromatic carbocycles. The Kier molecular flexibility index (Phi) is 4.38. The summed E-state index contributed by atoms with van der Waals surface area (Å²) in [5.74, 6) is -2.56. The van der Waals surface area contributed by atoms with Crippen LogP contribution in [-0.4, -0.2) is 23.7 Å². The van der Waals surface area contributed by atoms with Crippen molar-refractivity contribution in [3.63, 3.8) is 0 Å². The number of carbonyl (C=O) groups is 3. The largest absolute Gasteiger partial charge is 0.427 e. The molecule has 0 aromatic heterocycles. The highest BCUT2D eigenvalue weighted by molar-refractivity contribution is 6.18. The number of hydrogen-bond acceptors (Lipinski definition) is 6. The van der Waals surface area contributed by atoms with Gasteiger partial charge in [0.05, 0.1) is 0 Å². The standard InChI is InChI=1S/C18H18O6/c1-12(19)22-14-7-5-6-13(10-14)11-15-16(20)23-18(24-17(15)21)8-3-2-4-9-18/h5-7,10-11H,2-4,8-9H2,1H3. The summed E-state index contributed by atoms with van der Waals surface area (Å²) >= 11 is 0. The fourth-order valence-electron chi connectivity index (χ4n) is 2.96. The van der Waals surface area contributed by atoms with Crippen molar-refractivity contribution in [2.45, 2.75) is 44.8 Å². The molecule has 6 heteroatoms. The smallest absolute Gasteiger partial charge is 0.348 e. The van der Waals surface area contributed by atoms with Crippen LogP contribution < -0.4 is 4.74 Å². The van der Waals surface area contributed by atoms with Gasteiger partial charge in [0.1, 0.15) is 11.3 Å². The Morgan fingerprint density at radius 2 is 1.79 bits per heavy atom. The van der Waals surface area contributed by atoms with Crippen LogP contribution in [0.4, 0.5) is 0 Å². The lowest BCUT2D eigenvalue weighted by Gasteiger charge is -2.38. The zero-order valence-corrected chi connectivity index (χ0v) is 13.4. The van der Waals surface area contributed by atoms with E-state index in [-0.39, 0.29) is 5.57 Å². The van der Waals surface area contributed by atoms with Crippen molar-refractivity contribution in [2.75, 3.05) is 0 Å². The summed E-state index contributed by atoms with van der Waals surface area (Å²) < 4.78 is 15.8. The number of esters is 3. The van der Waals surface area contributed by atoms with Gasteiger partial charge in [-0.25, -0.2) is 9.59 Å². The third kappa shape index (κ3) is 3.48. The van der Waals surface area contributed by atoms with Crippen LogP contribution in [0.15, 0.2) is 29.8 Å². The molecule has 0 amide bonds. The molecule has 1 aromatic rings. The van der Waals surface area contributed by atoms with Crippen LogP contribution in [0.1, 0.15) is 44.6 Å².